The van der Waals surface area contributed by atoms with Crippen molar-refractivity contribution in [1.29, 1.82) is 0 Å². The second-order valence-corrected chi connectivity index (χ2v) is 8.21. The Kier molecular flexibility index (Phi) is 5.47. The highest BCUT2D eigenvalue weighted by molar-refractivity contribution is 9.10. The lowest BCUT2D eigenvalue weighted by Crippen LogP contribution is -2.32. The van der Waals surface area contributed by atoms with Crippen molar-refractivity contribution in [3.8, 4) is 11.3 Å². The number of nitrogens with one attached hydrogen (secondary N) is 1. The highest BCUT2D eigenvalue weighted by atomic mass is 79.9. The third kappa shape index (κ3) is 3.69. The van der Waals surface area contributed by atoms with Crippen LogP contribution in [0, 0.1) is 13.8 Å². The summed E-state index contributed by atoms with van der Waals surface area (Å²) in [5, 5.41) is 3.95. The molecule has 1 aliphatic rings. The first-order valence-electron chi connectivity index (χ1n) is 9.60. The van der Waals surface area contributed by atoms with Crippen molar-refractivity contribution in [3.63, 3.8) is 0 Å². The van der Waals surface area contributed by atoms with E-state index in [1.54, 1.807) is 0 Å². The van der Waals surface area contributed by atoms with E-state index in [9.17, 15) is 4.79 Å². The van der Waals surface area contributed by atoms with Crippen molar-refractivity contribution in [2.75, 3.05) is 13.2 Å². The van der Waals surface area contributed by atoms with Gasteiger partial charge in [-0.25, -0.2) is 4.98 Å². The number of hydrogen-bond acceptors (Lipinski definition) is 3. The molecule has 3 aromatic rings. The number of hydrogen-bond donors (Lipinski definition) is 1. The monoisotopic (exact) mass is 438 g/mol. The summed E-state index contributed by atoms with van der Waals surface area (Å²) in [4.78, 5) is 18.2. The summed E-state index contributed by atoms with van der Waals surface area (Å²) in [6.07, 6.45) is 2.16. The fraction of sp³-hybridized carbons (Fsp3) is 0.304. The number of pyridine rings is 1. The van der Waals surface area contributed by atoms with Crippen LogP contribution in [-0.4, -0.2) is 30.1 Å². The van der Waals surface area contributed by atoms with Gasteiger partial charge in [-0.3, -0.25) is 4.79 Å². The highest BCUT2D eigenvalue weighted by Gasteiger charge is 2.22. The quantitative estimate of drug-likeness (QED) is 0.609. The molecule has 0 aliphatic carbocycles. The van der Waals surface area contributed by atoms with E-state index in [2.05, 4.69) is 21.2 Å². The van der Waals surface area contributed by atoms with E-state index in [-0.39, 0.29) is 12.0 Å². The standard InChI is InChI=1S/C23H23BrN2O2/c1-14-11-17(24)12-19-20(23(27)25-13-18-9-6-10-28-18)15(2)22(26-21(14)19)16-7-4-3-5-8-16/h3-5,7-8,11-12,18H,6,9-10,13H2,1-2H3,(H,25,27)/t18-/m1/s1. The van der Waals surface area contributed by atoms with Crippen LogP contribution in [-0.2, 0) is 4.74 Å². The van der Waals surface area contributed by atoms with Gasteiger partial charge in [-0.2, -0.15) is 0 Å². The summed E-state index contributed by atoms with van der Waals surface area (Å²) in [6, 6.07) is 14.0. The Labute approximate surface area is 173 Å². The van der Waals surface area contributed by atoms with Gasteiger partial charge in [-0.1, -0.05) is 46.3 Å². The lowest BCUT2D eigenvalue weighted by Gasteiger charge is -2.17. The van der Waals surface area contributed by atoms with Crippen LogP contribution in [0.3, 0.4) is 0 Å². The van der Waals surface area contributed by atoms with Crippen LogP contribution < -0.4 is 5.32 Å². The third-order valence-electron chi connectivity index (χ3n) is 5.28. The molecule has 0 unspecified atom stereocenters. The maximum Gasteiger partial charge on any atom is 0.252 e. The first-order valence-corrected chi connectivity index (χ1v) is 10.4. The average molecular weight is 439 g/mol. The zero-order valence-electron chi connectivity index (χ0n) is 16.1. The maximum absolute atomic E-state index is 13.2. The number of halogens is 1. The Balaban J connectivity index is 1.84. The Morgan fingerprint density at radius 1 is 1.25 bits per heavy atom. The second kappa shape index (κ2) is 8.02. The van der Waals surface area contributed by atoms with Gasteiger partial charge in [0.1, 0.15) is 0 Å². The van der Waals surface area contributed by atoms with E-state index in [4.69, 9.17) is 9.72 Å². The largest absolute Gasteiger partial charge is 0.376 e. The number of benzene rings is 2. The number of carbonyl (C=O) groups excluding carboxylic acids is 1. The van der Waals surface area contributed by atoms with Crippen LogP contribution >= 0.6 is 15.9 Å². The van der Waals surface area contributed by atoms with E-state index < -0.39 is 0 Å². The van der Waals surface area contributed by atoms with E-state index in [1.165, 1.54) is 0 Å². The number of ether oxygens (including phenoxy) is 1. The molecule has 1 atom stereocenters. The fourth-order valence-corrected chi connectivity index (χ4v) is 4.43. The van der Waals surface area contributed by atoms with Gasteiger partial charge in [0.2, 0.25) is 0 Å². The highest BCUT2D eigenvalue weighted by Crippen LogP contribution is 2.33. The van der Waals surface area contributed by atoms with E-state index in [0.29, 0.717) is 12.1 Å². The number of amides is 1. The molecule has 2 aromatic carbocycles. The number of rotatable bonds is 4. The molecule has 2 heterocycles. The molecule has 1 amide bonds. The van der Waals surface area contributed by atoms with Crippen molar-refractivity contribution >= 4 is 32.7 Å². The van der Waals surface area contributed by atoms with Gasteiger partial charge in [0.15, 0.2) is 0 Å². The van der Waals surface area contributed by atoms with Gasteiger partial charge >= 0.3 is 0 Å². The number of aromatic nitrogens is 1. The summed E-state index contributed by atoms with van der Waals surface area (Å²) in [5.74, 6) is -0.0740. The average Bonchev–Trinajstić information content (AvgIpc) is 3.20. The van der Waals surface area contributed by atoms with Crippen LogP contribution in [0.2, 0.25) is 0 Å². The molecule has 1 N–H and O–H groups in total. The SMILES string of the molecule is Cc1c(-c2ccccc2)nc2c(C)cc(Br)cc2c1C(=O)NC[C@H]1CCCO1. The van der Waals surface area contributed by atoms with Gasteiger partial charge in [0.25, 0.3) is 5.91 Å². The molecule has 4 nitrogen and oxygen atoms in total. The van der Waals surface area contributed by atoms with Crippen LogP contribution in [0.5, 0.6) is 0 Å². The van der Waals surface area contributed by atoms with Crippen molar-refractivity contribution in [1.82, 2.24) is 10.3 Å². The molecule has 28 heavy (non-hydrogen) atoms. The zero-order valence-corrected chi connectivity index (χ0v) is 17.7. The molecule has 0 spiro atoms. The third-order valence-corrected chi connectivity index (χ3v) is 5.73. The summed E-state index contributed by atoms with van der Waals surface area (Å²) in [7, 11) is 0. The fourth-order valence-electron chi connectivity index (χ4n) is 3.86. The molecule has 1 aromatic heterocycles. The predicted molar refractivity (Wildman–Crippen MR) is 116 cm³/mol. The van der Waals surface area contributed by atoms with Gasteiger partial charge in [0.05, 0.1) is 22.9 Å². The van der Waals surface area contributed by atoms with Crippen molar-refractivity contribution in [3.05, 3.63) is 63.6 Å². The molecule has 1 saturated heterocycles. The first kappa shape index (κ1) is 19.1. The molecule has 5 heteroatoms. The number of carbonyl (C=O) groups is 1. The van der Waals surface area contributed by atoms with Gasteiger partial charge in [-0.15, -0.1) is 0 Å². The number of fused-ring (bicyclic) bond motifs is 1. The van der Waals surface area contributed by atoms with Gasteiger partial charge in [-0.05, 0) is 49.9 Å². The lowest BCUT2D eigenvalue weighted by atomic mass is 9.96. The Morgan fingerprint density at radius 3 is 2.75 bits per heavy atom. The number of nitrogens with zero attached hydrogens (tertiary/aromatic N) is 1. The maximum atomic E-state index is 13.2. The van der Waals surface area contributed by atoms with E-state index >= 15 is 0 Å². The zero-order chi connectivity index (χ0) is 19.7. The number of aryl methyl sites for hydroxylation is 1. The minimum atomic E-state index is -0.0740. The molecular weight excluding hydrogens is 416 g/mol. The van der Waals surface area contributed by atoms with Crippen molar-refractivity contribution in [2.45, 2.75) is 32.8 Å². The molecule has 4 rings (SSSR count). The Bertz CT molecular complexity index is 1030. The van der Waals surface area contributed by atoms with Gasteiger partial charge < -0.3 is 10.1 Å². The summed E-state index contributed by atoms with van der Waals surface area (Å²) < 4.78 is 6.60. The van der Waals surface area contributed by atoms with Crippen molar-refractivity contribution < 1.29 is 9.53 Å². The van der Waals surface area contributed by atoms with Crippen LogP contribution in [0.1, 0.15) is 34.3 Å². The molecule has 1 fully saturated rings. The van der Waals surface area contributed by atoms with Crippen LogP contribution in [0.15, 0.2) is 46.9 Å². The summed E-state index contributed by atoms with van der Waals surface area (Å²) >= 11 is 3.57. The normalized spacial score (nSPS) is 16.5. The van der Waals surface area contributed by atoms with Crippen molar-refractivity contribution in [2.24, 2.45) is 0 Å². The van der Waals surface area contributed by atoms with Gasteiger partial charge in [0, 0.05) is 28.6 Å². The topological polar surface area (TPSA) is 51.2 Å². The lowest BCUT2D eigenvalue weighted by molar-refractivity contribution is 0.0858. The van der Waals surface area contributed by atoms with Crippen LogP contribution in [0.4, 0.5) is 0 Å². The Morgan fingerprint density at radius 2 is 2.04 bits per heavy atom. The molecule has 144 valence electrons. The molecule has 0 radical (unpaired) electrons. The predicted octanol–water partition coefficient (Wildman–Crippen LogP) is 5.19. The molecular formula is C23H23BrN2O2. The van der Waals surface area contributed by atoms with Crippen LogP contribution in [0.25, 0.3) is 22.2 Å². The molecule has 0 bridgehead atoms. The molecule has 0 saturated carbocycles. The first-order chi connectivity index (χ1) is 13.5. The summed E-state index contributed by atoms with van der Waals surface area (Å²) in [5.41, 5.74) is 5.33. The minimum absolute atomic E-state index is 0.0740. The van der Waals surface area contributed by atoms with E-state index in [0.717, 1.165) is 57.2 Å². The minimum Gasteiger partial charge on any atom is -0.376 e. The second-order valence-electron chi connectivity index (χ2n) is 7.29. The summed E-state index contributed by atoms with van der Waals surface area (Å²) in [6.45, 7) is 5.32. The molecule has 1 aliphatic heterocycles. The smallest absolute Gasteiger partial charge is 0.252 e. The Hall–Kier alpha value is -2.24. The van der Waals surface area contributed by atoms with E-state index in [1.807, 2.05) is 56.3 Å².